The van der Waals surface area contributed by atoms with Gasteiger partial charge in [0.25, 0.3) is 0 Å². The Balaban J connectivity index is 2.21. The second kappa shape index (κ2) is 5.22. The highest BCUT2D eigenvalue weighted by atomic mass is 16.3. The third-order valence-electron chi connectivity index (χ3n) is 3.85. The molecule has 18 heavy (non-hydrogen) atoms. The van der Waals surface area contributed by atoms with Crippen molar-refractivity contribution in [2.75, 3.05) is 11.9 Å². The minimum atomic E-state index is -0.217. The molecule has 1 heterocycles. The van der Waals surface area contributed by atoms with Gasteiger partial charge in [0.1, 0.15) is 5.82 Å². The lowest BCUT2D eigenvalue weighted by atomic mass is 9.77. The Kier molecular flexibility index (Phi) is 3.85. The molecule has 0 bridgehead atoms. The van der Waals surface area contributed by atoms with Crippen molar-refractivity contribution in [3.8, 4) is 0 Å². The molecule has 2 rings (SSSR count). The van der Waals surface area contributed by atoms with E-state index in [1.807, 2.05) is 13.8 Å². The Labute approximate surface area is 109 Å². The van der Waals surface area contributed by atoms with E-state index in [0.717, 1.165) is 36.5 Å². The van der Waals surface area contributed by atoms with Crippen molar-refractivity contribution in [3.05, 3.63) is 17.6 Å². The van der Waals surface area contributed by atoms with Crippen LogP contribution < -0.4 is 5.32 Å². The minimum absolute atomic E-state index is 0.159. The zero-order chi connectivity index (χ0) is 13.2. The van der Waals surface area contributed by atoms with Crippen molar-refractivity contribution in [1.82, 2.24) is 9.97 Å². The minimum Gasteiger partial charge on any atom is -0.394 e. The first kappa shape index (κ1) is 13.3. The van der Waals surface area contributed by atoms with Crippen LogP contribution in [-0.4, -0.2) is 27.2 Å². The van der Waals surface area contributed by atoms with Gasteiger partial charge in [0.05, 0.1) is 23.5 Å². The number of rotatable bonds is 3. The van der Waals surface area contributed by atoms with Crippen LogP contribution in [0.25, 0.3) is 0 Å². The van der Waals surface area contributed by atoms with E-state index in [4.69, 9.17) is 0 Å². The summed E-state index contributed by atoms with van der Waals surface area (Å²) >= 11 is 0. The molecule has 1 aliphatic carbocycles. The molecule has 0 aliphatic heterocycles. The monoisotopic (exact) mass is 249 g/mol. The van der Waals surface area contributed by atoms with Crippen LogP contribution >= 0.6 is 0 Å². The Bertz CT molecular complexity index is 422. The summed E-state index contributed by atoms with van der Waals surface area (Å²) in [5.41, 5.74) is 1.58. The van der Waals surface area contributed by atoms with Gasteiger partial charge >= 0.3 is 0 Å². The summed E-state index contributed by atoms with van der Waals surface area (Å²) in [7, 11) is 0. The fourth-order valence-electron chi connectivity index (χ4n) is 2.86. The zero-order valence-corrected chi connectivity index (χ0v) is 11.5. The van der Waals surface area contributed by atoms with Gasteiger partial charge in [-0.15, -0.1) is 0 Å². The molecule has 1 fully saturated rings. The summed E-state index contributed by atoms with van der Waals surface area (Å²) in [6, 6.07) is 0. The van der Waals surface area contributed by atoms with Gasteiger partial charge < -0.3 is 10.4 Å². The number of nitrogens with zero attached hydrogens (tertiary/aromatic N) is 2. The van der Waals surface area contributed by atoms with Crippen LogP contribution in [0.5, 0.6) is 0 Å². The van der Waals surface area contributed by atoms with Gasteiger partial charge in [0.15, 0.2) is 0 Å². The van der Waals surface area contributed by atoms with E-state index in [1.165, 1.54) is 6.42 Å². The fourth-order valence-corrected chi connectivity index (χ4v) is 2.86. The predicted molar refractivity (Wildman–Crippen MR) is 72.6 cm³/mol. The molecule has 0 amide bonds. The molecule has 0 aromatic carbocycles. The number of nitrogens with one attached hydrogen (secondary N) is 1. The van der Waals surface area contributed by atoms with Crippen LogP contribution in [0.4, 0.5) is 5.82 Å². The van der Waals surface area contributed by atoms with E-state index in [-0.39, 0.29) is 12.1 Å². The maximum atomic E-state index is 9.77. The summed E-state index contributed by atoms with van der Waals surface area (Å²) in [5, 5.41) is 13.2. The van der Waals surface area contributed by atoms with Crippen LogP contribution in [0, 0.1) is 19.8 Å². The molecular weight excluding hydrogens is 226 g/mol. The summed E-state index contributed by atoms with van der Waals surface area (Å²) < 4.78 is 0. The first-order valence-corrected chi connectivity index (χ1v) is 6.74. The zero-order valence-electron chi connectivity index (χ0n) is 11.5. The average Bonchev–Trinajstić information content (AvgIpc) is 2.34. The van der Waals surface area contributed by atoms with Gasteiger partial charge in [0.2, 0.25) is 0 Å². The number of hydrogen-bond acceptors (Lipinski definition) is 4. The third-order valence-corrected chi connectivity index (χ3v) is 3.85. The molecule has 1 aromatic heterocycles. The van der Waals surface area contributed by atoms with Crippen molar-refractivity contribution in [1.29, 1.82) is 0 Å². The molecule has 1 aliphatic rings. The summed E-state index contributed by atoms with van der Waals surface area (Å²) in [5.74, 6) is 1.47. The lowest BCUT2D eigenvalue weighted by molar-refractivity contribution is 0.149. The normalized spacial score (nSPS) is 28.1. The van der Waals surface area contributed by atoms with E-state index in [0.29, 0.717) is 5.92 Å². The highest BCUT2D eigenvalue weighted by molar-refractivity contribution is 5.42. The number of aliphatic hydroxyl groups is 1. The molecule has 100 valence electrons. The molecule has 4 nitrogen and oxygen atoms in total. The van der Waals surface area contributed by atoms with Crippen LogP contribution in [0.2, 0.25) is 0 Å². The topological polar surface area (TPSA) is 58.0 Å². The second-order valence-electron chi connectivity index (χ2n) is 5.71. The molecule has 2 unspecified atom stereocenters. The number of hydrogen-bond donors (Lipinski definition) is 2. The van der Waals surface area contributed by atoms with Gasteiger partial charge in [-0.1, -0.05) is 19.8 Å². The van der Waals surface area contributed by atoms with Crippen molar-refractivity contribution >= 4 is 5.82 Å². The molecule has 2 atom stereocenters. The highest BCUT2D eigenvalue weighted by Gasteiger charge is 2.35. The van der Waals surface area contributed by atoms with Crippen LogP contribution in [0.3, 0.4) is 0 Å². The highest BCUT2D eigenvalue weighted by Crippen LogP contribution is 2.34. The molecule has 0 spiro atoms. The first-order valence-electron chi connectivity index (χ1n) is 6.74. The SMILES string of the molecule is Cc1cnc(C)c(NC2(CO)CCCC(C)C2)n1. The number of aryl methyl sites for hydroxylation is 2. The van der Waals surface area contributed by atoms with E-state index in [1.54, 1.807) is 6.20 Å². The molecule has 2 N–H and O–H groups in total. The summed E-state index contributed by atoms with van der Waals surface area (Å²) in [6.07, 6.45) is 6.19. The molecule has 1 aromatic rings. The predicted octanol–water partition coefficient (Wildman–Crippen LogP) is 2.45. The second-order valence-corrected chi connectivity index (χ2v) is 5.71. The summed E-state index contributed by atoms with van der Waals surface area (Å²) in [6.45, 7) is 6.30. The average molecular weight is 249 g/mol. The van der Waals surface area contributed by atoms with Gasteiger partial charge in [-0.25, -0.2) is 4.98 Å². The van der Waals surface area contributed by atoms with Gasteiger partial charge in [-0.05, 0) is 32.6 Å². The Morgan fingerprint density at radius 1 is 1.50 bits per heavy atom. The van der Waals surface area contributed by atoms with Crippen LogP contribution in [-0.2, 0) is 0 Å². The first-order chi connectivity index (χ1) is 8.54. The van der Waals surface area contributed by atoms with Gasteiger partial charge in [-0.3, -0.25) is 4.98 Å². The van der Waals surface area contributed by atoms with Crippen LogP contribution in [0.15, 0.2) is 6.20 Å². The molecule has 0 radical (unpaired) electrons. The van der Waals surface area contributed by atoms with E-state index < -0.39 is 0 Å². The lowest BCUT2D eigenvalue weighted by Gasteiger charge is -2.40. The number of aliphatic hydroxyl groups excluding tert-OH is 1. The molecule has 4 heteroatoms. The number of anilines is 1. The Morgan fingerprint density at radius 3 is 2.94 bits per heavy atom. The fraction of sp³-hybridized carbons (Fsp3) is 0.714. The quantitative estimate of drug-likeness (QED) is 0.864. The third kappa shape index (κ3) is 2.80. The van der Waals surface area contributed by atoms with Crippen molar-refractivity contribution in [2.24, 2.45) is 5.92 Å². The molecule has 1 saturated carbocycles. The lowest BCUT2D eigenvalue weighted by Crippen LogP contribution is -2.46. The van der Waals surface area contributed by atoms with E-state index in [2.05, 4.69) is 22.2 Å². The molecular formula is C14H23N3O. The maximum absolute atomic E-state index is 9.77. The Morgan fingerprint density at radius 2 is 2.28 bits per heavy atom. The van der Waals surface area contributed by atoms with Crippen molar-refractivity contribution in [3.63, 3.8) is 0 Å². The van der Waals surface area contributed by atoms with Crippen molar-refractivity contribution in [2.45, 2.75) is 52.0 Å². The number of aromatic nitrogens is 2. The standard InChI is InChI=1S/C14H23N3O/c1-10-5-4-6-14(7-10,9-18)17-13-12(3)15-8-11(2)16-13/h8,10,18H,4-7,9H2,1-3H3,(H,16,17). The smallest absolute Gasteiger partial charge is 0.148 e. The maximum Gasteiger partial charge on any atom is 0.148 e. The Hall–Kier alpha value is -1.16. The summed E-state index contributed by atoms with van der Waals surface area (Å²) in [4.78, 5) is 8.82. The largest absolute Gasteiger partial charge is 0.394 e. The van der Waals surface area contributed by atoms with E-state index >= 15 is 0 Å². The molecule has 0 saturated heterocycles. The van der Waals surface area contributed by atoms with Gasteiger partial charge in [0, 0.05) is 6.20 Å². The van der Waals surface area contributed by atoms with Crippen LogP contribution in [0.1, 0.15) is 44.0 Å². The van der Waals surface area contributed by atoms with Gasteiger partial charge in [-0.2, -0.15) is 0 Å². The van der Waals surface area contributed by atoms with E-state index in [9.17, 15) is 5.11 Å². The van der Waals surface area contributed by atoms with Crippen molar-refractivity contribution < 1.29 is 5.11 Å².